The van der Waals surface area contributed by atoms with Gasteiger partial charge in [0.2, 0.25) is 0 Å². The molecule has 0 bridgehead atoms. The molecule has 2 aromatic rings. The molecule has 0 spiro atoms. The fourth-order valence-electron chi connectivity index (χ4n) is 1.94. The highest BCUT2D eigenvalue weighted by atomic mass is 79.9. The lowest BCUT2D eigenvalue weighted by atomic mass is 10.1. The van der Waals surface area contributed by atoms with Crippen molar-refractivity contribution in [2.24, 2.45) is 0 Å². The maximum Gasteiger partial charge on any atom is 0.418 e. The van der Waals surface area contributed by atoms with Crippen molar-refractivity contribution in [2.45, 2.75) is 6.18 Å². The van der Waals surface area contributed by atoms with Gasteiger partial charge in [0.1, 0.15) is 5.69 Å². The summed E-state index contributed by atoms with van der Waals surface area (Å²) in [6.07, 6.45) is -5.07. The third-order valence-corrected chi connectivity index (χ3v) is 3.81. The number of nitrogens with one attached hydrogen (secondary N) is 1. The number of benzene rings is 2. The van der Waals surface area contributed by atoms with Gasteiger partial charge in [-0.15, -0.1) is 0 Å². The Bertz CT molecular complexity index is 876. The van der Waals surface area contributed by atoms with Crippen LogP contribution in [0.25, 0.3) is 0 Å². The Balaban J connectivity index is 2.73. The van der Waals surface area contributed by atoms with Crippen LogP contribution in [0.1, 0.15) is 5.56 Å². The predicted molar refractivity (Wildman–Crippen MR) is 87.2 cm³/mol. The third-order valence-electron chi connectivity index (χ3n) is 3.01. The van der Waals surface area contributed by atoms with Crippen molar-refractivity contribution in [1.82, 2.24) is 0 Å². The van der Waals surface area contributed by atoms with Crippen LogP contribution in [-0.2, 0) is 6.18 Å². The highest BCUT2D eigenvalue weighted by molar-refractivity contribution is 9.10. The van der Waals surface area contributed by atoms with E-state index in [4.69, 9.17) is 11.6 Å². The van der Waals surface area contributed by atoms with Crippen molar-refractivity contribution >= 4 is 50.3 Å². The normalized spacial score (nSPS) is 11.2. The van der Waals surface area contributed by atoms with Gasteiger partial charge in [-0.25, -0.2) is 0 Å². The van der Waals surface area contributed by atoms with Gasteiger partial charge >= 0.3 is 6.18 Å². The predicted octanol–water partition coefficient (Wildman–Crippen LogP) is 5.68. The molecular formula is C13H6BrClF3N3O4. The molecule has 132 valence electrons. The molecule has 0 aliphatic carbocycles. The topological polar surface area (TPSA) is 98.3 Å². The Morgan fingerprint density at radius 2 is 1.72 bits per heavy atom. The van der Waals surface area contributed by atoms with Gasteiger partial charge in [0.25, 0.3) is 11.4 Å². The standard InChI is InChI=1S/C13H6BrClF3N3O4/c14-6-1-2-10(9(15)3-6)19-12-8(13(16,17)18)4-7(20(22)23)5-11(12)21(24)25/h1-5,19H. The molecule has 0 aliphatic rings. The molecule has 0 heterocycles. The van der Waals surface area contributed by atoms with E-state index in [0.29, 0.717) is 10.5 Å². The van der Waals surface area contributed by atoms with Gasteiger partial charge in [-0.05, 0) is 18.2 Å². The van der Waals surface area contributed by atoms with Crippen molar-refractivity contribution in [3.05, 3.63) is 65.6 Å². The molecule has 0 fully saturated rings. The van der Waals surface area contributed by atoms with Crippen LogP contribution >= 0.6 is 27.5 Å². The summed E-state index contributed by atoms with van der Waals surface area (Å²) in [7, 11) is 0. The molecular weight excluding hydrogens is 435 g/mol. The SMILES string of the molecule is O=[N+]([O-])c1cc([N+](=O)[O-])c(Nc2ccc(Br)cc2Cl)c(C(F)(F)F)c1. The average molecular weight is 441 g/mol. The molecule has 0 aromatic heterocycles. The van der Waals surface area contributed by atoms with Crippen molar-refractivity contribution in [3.63, 3.8) is 0 Å². The Morgan fingerprint density at radius 1 is 1.08 bits per heavy atom. The van der Waals surface area contributed by atoms with Crippen LogP contribution in [0.2, 0.25) is 5.02 Å². The molecule has 0 saturated carbocycles. The first kappa shape index (κ1) is 18.9. The lowest BCUT2D eigenvalue weighted by Gasteiger charge is -2.15. The summed E-state index contributed by atoms with van der Waals surface area (Å²) >= 11 is 9.02. The van der Waals surface area contributed by atoms with E-state index in [1.165, 1.54) is 18.2 Å². The number of non-ortho nitro benzene ring substituents is 1. The minimum absolute atomic E-state index is 0.00449. The molecule has 0 saturated heterocycles. The second-order valence-electron chi connectivity index (χ2n) is 4.65. The summed E-state index contributed by atoms with van der Waals surface area (Å²) < 4.78 is 40.4. The van der Waals surface area contributed by atoms with E-state index in [1.807, 2.05) is 0 Å². The Labute approximate surface area is 150 Å². The van der Waals surface area contributed by atoms with Crippen LogP contribution in [-0.4, -0.2) is 9.85 Å². The largest absolute Gasteiger partial charge is 0.418 e. The van der Waals surface area contributed by atoms with Crippen LogP contribution in [0.3, 0.4) is 0 Å². The highest BCUT2D eigenvalue weighted by Crippen LogP contribution is 2.44. The number of nitro groups is 2. The number of halogens is 5. The number of rotatable bonds is 4. The van der Waals surface area contributed by atoms with Crippen LogP contribution < -0.4 is 5.32 Å². The molecule has 0 aliphatic heterocycles. The zero-order valence-corrected chi connectivity index (χ0v) is 14.1. The zero-order valence-electron chi connectivity index (χ0n) is 11.8. The second-order valence-corrected chi connectivity index (χ2v) is 5.97. The van der Waals surface area contributed by atoms with Gasteiger partial charge in [0.15, 0.2) is 0 Å². The number of anilines is 2. The lowest BCUT2D eigenvalue weighted by molar-refractivity contribution is -0.394. The number of nitro benzene ring substituents is 2. The quantitative estimate of drug-likeness (QED) is 0.487. The van der Waals surface area contributed by atoms with Crippen LogP contribution in [0.4, 0.5) is 35.9 Å². The Hall–Kier alpha value is -2.40. The van der Waals surface area contributed by atoms with E-state index < -0.39 is 38.6 Å². The van der Waals surface area contributed by atoms with Gasteiger partial charge in [-0.3, -0.25) is 20.2 Å². The van der Waals surface area contributed by atoms with Gasteiger partial charge in [0, 0.05) is 10.5 Å². The maximum absolute atomic E-state index is 13.3. The molecule has 0 unspecified atom stereocenters. The third kappa shape index (κ3) is 4.17. The summed E-state index contributed by atoms with van der Waals surface area (Å²) in [5.74, 6) is 0. The summed E-state index contributed by atoms with van der Waals surface area (Å²) in [6.45, 7) is 0. The summed E-state index contributed by atoms with van der Waals surface area (Å²) in [6, 6.07) is 4.80. The molecule has 7 nitrogen and oxygen atoms in total. The fourth-order valence-corrected chi connectivity index (χ4v) is 2.66. The second kappa shape index (κ2) is 6.84. The number of hydrogen-bond donors (Lipinski definition) is 1. The lowest BCUT2D eigenvalue weighted by Crippen LogP contribution is -2.12. The van der Waals surface area contributed by atoms with Crippen molar-refractivity contribution < 1.29 is 23.0 Å². The minimum Gasteiger partial charge on any atom is -0.348 e. The molecule has 0 amide bonds. The molecule has 1 N–H and O–H groups in total. The number of alkyl halides is 3. The van der Waals surface area contributed by atoms with Crippen LogP contribution in [0, 0.1) is 20.2 Å². The fraction of sp³-hybridized carbons (Fsp3) is 0.0769. The number of hydrogen-bond acceptors (Lipinski definition) is 5. The van der Waals surface area contributed by atoms with Gasteiger partial charge in [-0.2, -0.15) is 13.2 Å². The molecule has 2 aromatic carbocycles. The maximum atomic E-state index is 13.3. The summed E-state index contributed by atoms with van der Waals surface area (Å²) in [5.41, 5.74) is -4.67. The highest BCUT2D eigenvalue weighted by Gasteiger charge is 2.39. The van der Waals surface area contributed by atoms with Gasteiger partial charge in [-0.1, -0.05) is 27.5 Å². The first-order valence-corrected chi connectivity index (χ1v) is 7.44. The molecule has 12 heteroatoms. The van der Waals surface area contributed by atoms with E-state index in [-0.39, 0.29) is 16.8 Å². The van der Waals surface area contributed by atoms with Gasteiger partial charge in [0.05, 0.1) is 32.2 Å². The molecule has 0 radical (unpaired) electrons. The van der Waals surface area contributed by atoms with E-state index in [0.717, 1.165) is 0 Å². The minimum atomic E-state index is -5.07. The monoisotopic (exact) mass is 439 g/mol. The summed E-state index contributed by atoms with van der Waals surface area (Å²) in [4.78, 5) is 19.6. The first-order valence-electron chi connectivity index (χ1n) is 6.27. The van der Waals surface area contributed by atoms with Crippen molar-refractivity contribution in [3.8, 4) is 0 Å². The molecule has 0 atom stereocenters. The van der Waals surface area contributed by atoms with Crippen LogP contribution in [0.5, 0.6) is 0 Å². The zero-order chi connectivity index (χ0) is 18.9. The Morgan fingerprint density at radius 3 is 2.20 bits per heavy atom. The molecule has 2 rings (SSSR count). The van der Waals surface area contributed by atoms with E-state index in [1.54, 1.807) is 0 Å². The van der Waals surface area contributed by atoms with Crippen molar-refractivity contribution in [2.75, 3.05) is 5.32 Å². The van der Waals surface area contributed by atoms with Gasteiger partial charge < -0.3 is 5.32 Å². The first-order chi connectivity index (χ1) is 11.5. The average Bonchev–Trinajstić information content (AvgIpc) is 2.48. The summed E-state index contributed by atoms with van der Waals surface area (Å²) in [5, 5.41) is 24.2. The van der Waals surface area contributed by atoms with E-state index in [2.05, 4.69) is 21.2 Å². The van der Waals surface area contributed by atoms with E-state index in [9.17, 15) is 33.4 Å². The van der Waals surface area contributed by atoms with E-state index >= 15 is 0 Å². The van der Waals surface area contributed by atoms with Crippen LogP contribution in [0.15, 0.2) is 34.8 Å². The molecule has 25 heavy (non-hydrogen) atoms. The van der Waals surface area contributed by atoms with Crippen molar-refractivity contribution in [1.29, 1.82) is 0 Å². The smallest absolute Gasteiger partial charge is 0.348 e. The number of nitrogens with zero attached hydrogens (tertiary/aromatic N) is 2. The Kier molecular flexibility index (Phi) is 5.18.